The Balaban J connectivity index is 1.43. The summed E-state index contributed by atoms with van der Waals surface area (Å²) in [6.45, 7) is -0.163. The molecule has 3 heterocycles. The summed E-state index contributed by atoms with van der Waals surface area (Å²) in [5, 5.41) is 13.2. The van der Waals surface area contributed by atoms with E-state index in [4.69, 9.17) is 4.74 Å². The summed E-state index contributed by atoms with van der Waals surface area (Å²) in [5.41, 5.74) is -1.86. The predicted octanol–water partition coefficient (Wildman–Crippen LogP) is 4.05. The van der Waals surface area contributed by atoms with Crippen molar-refractivity contribution in [2.45, 2.75) is 47.9 Å². The molecule has 3 N–H and O–H groups in total. The summed E-state index contributed by atoms with van der Waals surface area (Å²) in [5.74, 6) is -2.13. The number of hydrogen-bond donors (Lipinski definition) is 3. The van der Waals surface area contributed by atoms with Crippen molar-refractivity contribution in [2.24, 2.45) is 0 Å². The number of aliphatic hydroxyl groups is 1. The first-order chi connectivity index (χ1) is 17.9. The van der Waals surface area contributed by atoms with Crippen LogP contribution in [0.25, 0.3) is 0 Å². The second-order valence-electron chi connectivity index (χ2n) is 9.22. The monoisotopic (exact) mass is 576 g/mol. The summed E-state index contributed by atoms with van der Waals surface area (Å²) in [4.78, 5) is 3.06. The average molecular weight is 577 g/mol. The Hall–Kier alpha value is -2.88. The molecule has 15 heteroatoms. The maximum Gasteiger partial charge on any atom is 0.417 e. The van der Waals surface area contributed by atoms with Gasteiger partial charge in [0.15, 0.2) is 5.60 Å². The number of fused-ring (bicyclic) bond motifs is 1. The third kappa shape index (κ3) is 5.07. The molecule has 2 aliphatic rings. The van der Waals surface area contributed by atoms with Gasteiger partial charge < -0.3 is 15.2 Å². The van der Waals surface area contributed by atoms with Crippen LogP contribution in [0.5, 0.6) is 5.75 Å². The SMILES string of the molecule is O=S(=O)(Nc1ncns1)c1cc2c(cc1F)CC(c1cc(F)ccc1[C@@H]1C[C@](O)(C(F)(F)F)CCN1)CO2. The standard InChI is InChI=1S/C23H21F5N4O4S2/c24-14-1-2-15(18-9-22(33,3-4-29-18)23(26,27)28)16(7-14)13-5-12-6-17(25)20(8-19(12)36-10-13)38(34,35)32-21-30-11-31-37-21/h1-2,6-8,11,13,18,29,33H,3-5,9-10H2,(H,30,31,32)/t13?,18-,22-/m0/s1. The number of rotatable bonds is 5. The van der Waals surface area contributed by atoms with E-state index in [-0.39, 0.29) is 30.5 Å². The van der Waals surface area contributed by atoms with Gasteiger partial charge in [-0.1, -0.05) is 6.07 Å². The summed E-state index contributed by atoms with van der Waals surface area (Å²) in [6.07, 6.45) is -4.75. The molecule has 38 heavy (non-hydrogen) atoms. The van der Waals surface area contributed by atoms with Crippen molar-refractivity contribution >= 4 is 26.7 Å². The van der Waals surface area contributed by atoms with Gasteiger partial charge in [-0.25, -0.2) is 22.2 Å². The van der Waals surface area contributed by atoms with Crippen LogP contribution in [0.15, 0.2) is 41.6 Å². The smallest absolute Gasteiger partial charge is 0.417 e. The number of aromatic nitrogens is 2. The maximum atomic E-state index is 15.0. The molecule has 1 saturated heterocycles. The number of alkyl halides is 3. The fraction of sp³-hybridized carbons (Fsp3) is 0.391. The molecule has 0 radical (unpaired) electrons. The summed E-state index contributed by atoms with van der Waals surface area (Å²) in [7, 11) is -4.33. The first kappa shape index (κ1) is 26.7. The Morgan fingerprint density at radius 2 is 1.97 bits per heavy atom. The van der Waals surface area contributed by atoms with Crippen molar-refractivity contribution in [1.29, 1.82) is 0 Å². The van der Waals surface area contributed by atoms with Crippen LogP contribution in [0.1, 0.15) is 41.5 Å². The molecule has 1 fully saturated rings. The topological polar surface area (TPSA) is 113 Å². The molecule has 0 aliphatic carbocycles. The molecule has 1 unspecified atom stereocenters. The first-order valence-electron chi connectivity index (χ1n) is 11.4. The lowest BCUT2D eigenvalue weighted by atomic mass is 9.79. The molecule has 1 aromatic heterocycles. The van der Waals surface area contributed by atoms with Crippen LogP contribution < -0.4 is 14.8 Å². The highest BCUT2D eigenvalue weighted by atomic mass is 32.2. The van der Waals surface area contributed by atoms with Crippen LogP contribution in [-0.4, -0.2) is 47.8 Å². The number of ether oxygens (including phenoxy) is 1. The second-order valence-corrected chi connectivity index (χ2v) is 11.6. The molecular weight excluding hydrogens is 555 g/mol. The van der Waals surface area contributed by atoms with E-state index in [0.29, 0.717) is 16.7 Å². The molecule has 5 rings (SSSR count). The van der Waals surface area contributed by atoms with Crippen LogP contribution in [0, 0.1) is 11.6 Å². The molecule has 204 valence electrons. The minimum Gasteiger partial charge on any atom is -0.493 e. The lowest BCUT2D eigenvalue weighted by Crippen LogP contribution is -2.53. The lowest BCUT2D eigenvalue weighted by molar-refractivity contribution is -0.271. The third-order valence-corrected chi connectivity index (χ3v) is 8.82. The predicted molar refractivity (Wildman–Crippen MR) is 126 cm³/mol. The van der Waals surface area contributed by atoms with Crippen molar-refractivity contribution in [3.8, 4) is 5.75 Å². The Labute approximate surface area is 218 Å². The van der Waals surface area contributed by atoms with Crippen molar-refractivity contribution in [3.05, 3.63) is 65.0 Å². The zero-order valence-electron chi connectivity index (χ0n) is 19.4. The fourth-order valence-electron chi connectivity index (χ4n) is 4.84. The Morgan fingerprint density at radius 3 is 2.68 bits per heavy atom. The molecule has 3 aromatic rings. The molecule has 0 spiro atoms. The molecule has 0 saturated carbocycles. The molecule has 0 bridgehead atoms. The Bertz CT molecular complexity index is 1450. The van der Waals surface area contributed by atoms with E-state index < -0.39 is 63.1 Å². The number of hydrogen-bond acceptors (Lipinski definition) is 8. The number of nitrogens with one attached hydrogen (secondary N) is 2. The first-order valence-corrected chi connectivity index (χ1v) is 13.7. The second kappa shape index (κ2) is 9.70. The van der Waals surface area contributed by atoms with Gasteiger partial charge >= 0.3 is 6.18 Å². The van der Waals surface area contributed by atoms with E-state index >= 15 is 0 Å². The van der Waals surface area contributed by atoms with Gasteiger partial charge in [0, 0.05) is 36.0 Å². The van der Waals surface area contributed by atoms with Crippen molar-refractivity contribution in [2.75, 3.05) is 17.9 Å². The highest BCUT2D eigenvalue weighted by molar-refractivity contribution is 7.93. The largest absolute Gasteiger partial charge is 0.493 e. The Kier molecular flexibility index (Phi) is 6.82. The molecule has 0 amide bonds. The van der Waals surface area contributed by atoms with Gasteiger partial charge in [0.25, 0.3) is 10.0 Å². The molecule has 3 atom stereocenters. The zero-order valence-corrected chi connectivity index (χ0v) is 21.1. The van der Waals surface area contributed by atoms with E-state index in [1.54, 1.807) is 0 Å². The van der Waals surface area contributed by atoms with Gasteiger partial charge in [-0.05, 0) is 54.3 Å². The van der Waals surface area contributed by atoms with E-state index in [1.807, 2.05) is 0 Å². The molecule has 2 aromatic carbocycles. The van der Waals surface area contributed by atoms with Crippen LogP contribution in [0.2, 0.25) is 0 Å². The van der Waals surface area contributed by atoms with Gasteiger partial charge in [-0.15, -0.1) is 0 Å². The summed E-state index contributed by atoms with van der Waals surface area (Å²) in [6, 6.07) is 4.83. The zero-order chi connectivity index (χ0) is 27.3. The lowest BCUT2D eigenvalue weighted by Gasteiger charge is -2.40. The number of anilines is 1. The van der Waals surface area contributed by atoms with Gasteiger partial charge in [0.1, 0.15) is 28.6 Å². The number of halogens is 5. The number of nitrogens with zero attached hydrogens (tertiary/aromatic N) is 2. The highest BCUT2D eigenvalue weighted by Crippen LogP contribution is 2.44. The van der Waals surface area contributed by atoms with E-state index in [1.165, 1.54) is 12.1 Å². The third-order valence-electron chi connectivity index (χ3n) is 6.76. The molecule has 2 aliphatic heterocycles. The number of sulfonamides is 1. The van der Waals surface area contributed by atoms with E-state index in [2.05, 4.69) is 19.4 Å². The van der Waals surface area contributed by atoms with Gasteiger partial charge in [0.2, 0.25) is 5.13 Å². The maximum absolute atomic E-state index is 15.0. The Morgan fingerprint density at radius 1 is 1.18 bits per heavy atom. The van der Waals surface area contributed by atoms with Crippen molar-refractivity contribution in [1.82, 2.24) is 14.7 Å². The molecule has 8 nitrogen and oxygen atoms in total. The quantitative estimate of drug-likeness (QED) is 0.393. The average Bonchev–Trinajstić information content (AvgIpc) is 3.35. The van der Waals surface area contributed by atoms with Gasteiger partial charge in [-0.2, -0.15) is 17.5 Å². The van der Waals surface area contributed by atoms with Crippen LogP contribution >= 0.6 is 11.5 Å². The number of piperidine rings is 1. The van der Waals surface area contributed by atoms with Crippen molar-refractivity contribution < 1.29 is 40.2 Å². The van der Waals surface area contributed by atoms with Crippen LogP contribution in [0.3, 0.4) is 0 Å². The van der Waals surface area contributed by atoms with Gasteiger partial charge in [-0.3, -0.25) is 4.72 Å². The summed E-state index contributed by atoms with van der Waals surface area (Å²) < 4.78 is 107. The van der Waals surface area contributed by atoms with Crippen molar-refractivity contribution in [3.63, 3.8) is 0 Å². The molecular formula is C23H21F5N4O4S2. The van der Waals surface area contributed by atoms with E-state index in [0.717, 1.165) is 36.1 Å². The van der Waals surface area contributed by atoms with Crippen LogP contribution in [0.4, 0.5) is 27.1 Å². The van der Waals surface area contributed by atoms with E-state index in [9.17, 15) is 35.5 Å². The highest BCUT2D eigenvalue weighted by Gasteiger charge is 2.55. The fourth-order valence-corrected chi connectivity index (χ4v) is 6.57. The van der Waals surface area contributed by atoms with Gasteiger partial charge in [0.05, 0.1) is 6.61 Å². The summed E-state index contributed by atoms with van der Waals surface area (Å²) >= 11 is 0.773. The van der Waals surface area contributed by atoms with Crippen LogP contribution in [-0.2, 0) is 16.4 Å². The normalized spacial score (nSPS) is 23.9. The number of benzene rings is 2. The minimum absolute atomic E-state index is 0.0459. The minimum atomic E-state index is -4.83.